The molecule has 0 spiro atoms. The van der Waals surface area contributed by atoms with E-state index in [-0.39, 0.29) is 12.5 Å². The van der Waals surface area contributed by atoms with Gasteiger partial charge in [0.25, 0.3) is 0 Å². The van der Waals surface area contributed by atoms with Gasteiger partial charge in [-0.3, -0.25) is 9.35 Å². The van der Waals surface area contributed by atoms with Crippen LogP contribution in [0.1, 0.15) is 6.92 Å². The molecule has 0 saturated carbocycles. The number of amides is 1. The topological polar surface area (TPSA) is 99.2 Å². The van der Waals surface area contributed by atoms with E-state index in [0.717, 1.165) is 19.6 Å². The molecule has 0 aromatic rings. The van der Waals surface area contributed by atoms with Gasteiger partial charge in [0.15, 0.2) is 0 Å². The number of carbonyl (C=O) groups is 1. The Morgan fingerprint density at radius 1 is 1.16 bits per heavy atom. The Hall–Kier alpha value is -0.740. The van der Waals surface area contributed by atoms with Crippen LogP contribution in [0.25, 0.3) is 0 Å². The molecule has 0 aliphatic heterocycles. The summed E-state index contributed by atoms with van der Waals surface area (Å²) in [6, 6.07) is 0. The van der Waals surface area contributed by atoms with Crippen molar-refractivity contribution in [2.75, 3.05) is 53.4 Å². The summed E-state index contributed by atoms with van der Waals surface area (Å²) in [7, 11) is -0.585. The summed E-state index contributed by atoms with van der Waals surface area (Å²) in [6.45, 7) is 4.65. The lowest BCUT2D eigenvalue weighted by atomic mass is 10.4. The Bertz CT molecular complexity index is 360. The second-order valence-electron chi connectivity index (χ2n) is 4.34. The summed E-state index contributed by atoms with van der Waals surface area (Å²) in [4.78, 5) is 14.6. The van der Waals surface area contributed by atoms with Crippen LogP contribution in [0.5, 0.6) is 0 Å². The molecule has 0 heterocycles. The van der Waals surface area contributed by atoms with Crippen molar-refractivity contribution in [2.24, 2.45) is 0 Å². The van der Waals surface area contributed by atoms with Crippen molar-refractivity contribution in [3.8, 4) is 0 Å². The van der Waals surface area contributed by atoms with E-state index in [2.05, 4.69) is 14.4 Å². The Kier molecular flexibility index (Phi) is 8.85. The van der Waals surface area contributed by atoms with E-state index < -0.39 is 10.4 Å². The third kappa shape index (κ3) is 13.5. The normalized spacial score (nSPS) is 12.1. The first-order valence-corrected chi connectivity index (χ1v) is 7.30. The summed E-state index contributed by atoms with van der Waals surface area (Å²) < 4.78 is 33.3. The Balaban J connectivity index is 3.60. The maximum atomic E-state index is 10.7. The van der Waals surface area contributed by atoms with E-state index in [1.807, 2.05) is 19.0 Å². The van der Waals surface area contributed by atoms with Crippen LogP contribution in [0.3, 0.4) is 0 Å². The Labute approximate surface area is 114 Å². The van der Waals surface area contributed by atoms with Gasteiger partial charge in [-0.1, -0.05) is 0 Å². The van der Waals surface area contributed by atoms with Crippen molar-refractivity contribution in [1.82, 2.24) is 15.1 Å². The van der Waals surface area contributed by atoms with Crippen molar-refractivity contribution in [1.29, 1.82) is 0 Å². The van der Waals surface area contributed by atoms with Crippen molar-refractivity contribution in [3.63, 3.8) is 0 Å². The molecular weight excluding hydrogens is 274 g/mol. The first-order valence-electron chi connectivity index (χ1n) is 5.94. The lowest BCUT2D eigenvalue weighted by Crippen LogP contribution is -2.37. The van der Waals surface area contributed by atoms with Crippen LogP contribution in [-0.4, -0.2) is 82.1 Å². The smallest absolute Gasteiger partial charge is 0.355 e. The summed E-state index contributed by atoms with van der Waals surface area (Å²) in [5, 5.41) is 2.71. The zero-order valence-electron chi connectivity index (χ0n) is 11.6. The lowest BCUT2D eigenvalue weighted by Gasteiger charge is -2.21. The first-order chi connectivity index (χ1) is 8.70. The average Bonchev–Trinajstić information content (AvgIpc) is 2.24. The fraction of sp³-hybridized carbons (Fsp3) is 0.900. The van der Waals surface area contributed by atoms with Crippen LogP contribution >= 0.6 is 0 Å². The van der Waals surface area contributed by atoms with Gasteiger partial charge < -0.3 is 15.1 Å². The van der Waals surface area contributed by atoms with E-state index in [0.29, 0.717) is 13.1 Å². The zero-order valence-corrected chi connectivity index (χ0v) is 12.4. The molecule has 114 valence electrons. The standard InChI is InChI=1S/C10H23N3O5S/c1-10(14)11-4-5-12(2)6-7-13(3)8-9-18-19(15,16)17/h4-9H2,1-3H3,(H,11,14)(H,15,16,17). The van der Waals surface area contributed by atoms with Gasteiger partial charge in [0.05, 0.1) is 6.61 Å². The highest BCUT2D eigenvalue weighted by atomic mass is 32.3. The number of likely N-dealkylation sites (N-methyl/N-ethyl adjacent to an activating group) is 2. The second-order valence-corrected chi connectivity index (χ2v) is 5.43. The molecule has 0 bridgehead atoms. The molecule has 0 rings (SSSR count). The maximum Gasteiger partial charge on any atom is 0.397 e. The second kappa shape index (κ2) is 9.21. The molecule has 0 aliphatic rings. The van der Waals surface area contributed by atoms with Gasteiger partial charge in [0.2, 0.25) is 5.91 Å². The molecule has 0 unspecified atom stereocenters. The Morgan fingerprint density at radius 2 is 1.68 bits per heavy atom. The zero-order chi connectivity index (χ0) is 14.9. The van der Waals surface area contributed by atoms with Crippen molar-refractivity contribution >= 4 is 16.3 Å². The first kappa shape index (κ1) is 18.3. The van der Waals surface area contributed by atoms with Crippen LogP contribution in [-0.2, 0) is 19.4 Å². The molecule has 0 atom stereocenters. The SMILES string of the molecule is CC(=O)NCCN(C)CCN(C)CCOS(=O)(=O)O. The van der Waals surface area contributed by atoms with Crippen LogP contribution in [0, 0.1) is 0 Å². The predicted molar refractivity (Wildman–Crippen MR) is 71.2 cm³/mol. The highest BCUT2D eigenvalue weighted by Crippen LogP contribution is 1.90. The van der Waals surface area contributed by atoms with E-state index in [4.69, 9.17) is 4.55 Å². The van der Waals surface area contributed by atoms with E-state index in [9.17, 15) is 13.2 Å². The average molecular weight is 297 g/mol. The molecule has 1 amide bonds. The van der Waals surface area contributed by atoms with Crippen molar-refractivity contribution < 1.29 is 21.9 Å². The fourth-order valence-corrected chi connectivity index (χ4v) is 1.57. The van der Waals surface area contributed by atoms with Crippen LogP contribution in [0.2, 0.25) is 0 Å². The van der Waals surface area contributed by atoms with Gasteiger partial charge in [0, 0.05) is 39.6 Å². The van der Waals surface area contributed by atoms with Gasteiger partial charge in [-0.15, -0.1) is 0 Å². The van der Waals surface area contributed by atoms with Crippen LogP contribution in [0.15, 0.2) is 0 Å². The molecule has 0 saturated heterocycles. The van der Waals surface area contributed by atoms with Gasteiger partial charge in [-0.25, -0.2) is 4.18 Å². The molecule has 2 N–H and O–H groups in total. The number of nitrogens with zero attached hydrogens (tertiary/aromatic N) is 2. The minimum absolute atomic E-state index is 0.0483. The minimum atomic E-state index is -4.35. The summed E-state index contributed by atoms with van der Waals surface area (Å²) in [5.41, 5.74) is 0. The molecular formula is C10H23N3O5S. The third-order valence-corrected chi connectivity index (χ3v) is 2.90. The highest BCUT2D eigenvalue weighted by Gasteiger charge is 2.06. The van der Waals surface area contributed by atoms with Crippen molar-refractivity contribution in [3.05, 3.63) is 0 Å². The third-order valence-electron chi connectivity index (χ3n) is 2.44. The van der Waals surface area contributed by atoms with E-state index in [1.165, 1.54) is 6.92 Å². The van der Waals surface area contributed by atoms with Gasteiger partial charge in [-0.05, 0) is 14.1 Å². The Morgan fingerprint density at radius 3 is 2.16 bits per heavy atom. The number of nitrogens with one attached hydrogen (secondary N) is 1. The number of hydrogen-bond donors (Lipinski definition) is 2. The number of carbonyl (C=O) groups excluding carboxylic acids is 1. The maximum absolute atomic E-state index is 10.7. The molecule has 0 aromatic carbocycles. The summed E-state index contributed by atoms with van der Waals surface area (Å²) in [5.74, 6) is -0.0483. The molecule has 0 aromatic heterocycles. The molecule has 9 heteroatoms. The predicted octanol–water partition coefficient (Wildman–Crippen LogP) is -1.19. The lowest BCUT2D eigenvalue weighted by molar-refractivity contribution is -0.119. The quantitative estimate of drug-likeness (QED) is 0.489. The van der Waals surface area contributed by atoms with Gasteiger partial charge in [-0.2, -0.15) is 8.42 Å². The van der Waals surface area contributed by atoms with Gasteiger partial charge in [0.1, 0.15) is 0 Å². The fourth-order valence-electron chi connectivity index (χ4n) is 1.29. The van der Waals surface area contributed by atoms with E-state index >= 15 is 0 Å². The van der Waals surface area contributed by atoms with Crippen LogP contribution < -0.4 is 5.32 Å². The molecule has 19 heavy (non-hydrogen) atoms. The van der Waals surface area contributed by atoms with Crippen molar-refractivity contribution in [2.45, 2.75) is 6.92 Å². The largest absolute Gasteiger partial charge is 0.397 e. The highest BCUT2D eigenvalue weighted by molar-refractivity contribution is 7.80. The molecule has 0 fully saturated rings. The number of rotatable bonds is 10. The molecule has 0 radical (unpaired) electrons. The summed E-state index contributed by atoms with van der Waals surface area (Å²) in [6.07, 6.45) is 0. The van der Waals surface area contributed by atoms with E-state index in [1.54, 1.807) is 0 Å². The van der Waals surface area contributed by atoms with Gasteiger partial charge >= 0.3 is 10.4 Å². The number of hydrogen-bond acceptors (Lipinski definition) is 6. The molecule has 8 nitrogen and oxygen atoms in total. The van der Waals surface area contributed by atoms with Crippen LogP contribution in [0.4, 0.5) is 0 Å². The monoisotopic (exact) mass is 297 g/mol. The molecule has 0 aliphatic carbocycles. The summed E-state index contributed by atoms with van der Waals surface area (Å²) >= 11 is 0. The minimum Gasteiger partial charge on any atom is -0.355 e.